The van der Waals surface area contributed by atoms with Gasteiger partial charge in [0.05, 0.1) is 12.2 Å². The average molecular weight is 246 g/mol. The Labute approximate surface area is 102 Å². The second kappa shape index (κ2) is 7.06. The van der Waals surface area contributed by atoms with Crippen LogP contribution in [0.3, 0.4) is 0 Å². The molecule has 0 aromatic heterocycles. The normalized spacial score (nSPS) is 33.6. The van der Waals surface area contributed by atoms with E-state index in [1.165, 1.54) is 0 Å². The highest BCUT2D eigenvalue weighted by Crippen LogP contribution is 2.21. The number of unbranched alkanes of at least 4 members (excludes halogenated alkanes) is 1. The second-order valence-corrected chi connectivity index (χ2v) is 4.61. The zero-order valence-electron chi connectivity index (χ0n) is 10.5. The van der Waals surface area contributed by atoms with Gasteiger partial charge < -0.3 is 24.5 Å². The first-order valence-corrected chi connectivity index (χ1v) is 6.13. The maximum atomic E-state index is 10.7. The Kier molecular flexibility index (Phi) is 6.05. The fourth-order valence-corrected chi connectivity index (χ4v) is 1.77. The van der Waals surface area contributed by atoms with Crippen LogP contribution in [0.15, 0.2) is 0 Å². The van der Waals surface area contributed by atoms with Gasteiger partial charge in [-0.3, -0.25) is 0 Å². The summed E-state index contributed by atoms with van der Waals surface area (Å²) in [6.07, 6.45) is -0.00597. The first-order valence-electron chi connectivity index (χ1n) is 6.13. The number of rotatable bonds is 6. The molecule has 0 bridgehead atoms. The van der Waals surface area contributed by atoms with Crippen molar-refractivity contribution in [2.75, 3.05) is 6.61 Å². The quantitative estimate of drug-likeness (QED) is 0.672. The van der Waals surface area contributed by atoms with E-state index < -0.39 is 18.5 Å². The first-order chi connectivity index (χ1) is 8.00. The molecule has 17 heavy (non-hydrogen) atoms. The number of ether oxygens (including phenoxy) is 2. The molecule has 0 saturated carbocycles. The molecule has 5 nitrogen and oxygen atoms in total. The van der Waals surface area contributed by atoms with Crippen LogP contribution in [0.2, 0.25) is 0 Å². The summed E-state index contributed by atoms with van der Waals surface area (Å²) in [4.78, 5) is 10.7. The molecule has 0 aromatic rings. The van der Waals surface area contributed by atoms with Crippen LogP contribution < -0.4 is 0 Å². The molecule has 1 aliphatic rings. The number of hydrogen-bond donors (Lipinski definition) is 2. The van der Waals surface area contributed by atoms with E-state index >= 15 is 0 Å². The summed E-state index contributed by atoms with van der Waals surface area (Å²) in [5.41, 5.74) is 0. The maximum absolute atomic E-state index is 10.7. The van der Waals surface area contributed by atoms with Crippen molar-refractivity contribution in [2.45, 2.75) is 64.1 Å². The van der Waals surface area contributed by atoms with Gasteiger partial charge in [0.2, 0.25) is 0 Å². The number of carbonyl (C=O) groups excluding carboxylic acids is 1. The predicted octanol–water partition coefficient (Wildman–Crippen LogP) is 0.619. The summed E-state index contributed by atoms with van der Waals surface area (Å²) in [5, 5.41) is 19.1. The van der Waals surface area contributed by atoms with Gasteiger partial charge in [-0.15, -0.1) is 0 Å². The van der Waals surface area contributed by atoms with Gasteiger partial charge >= 0.3 is 0 Å². The van der Waals surface area contributed by atoms with Gasteiger partial charge in [-0.05, 0) is 26.7 Å². The van der Waals surface area contributed by atoms with Gasteiger partial charge in [0.15, 0.2) is 6.29 Å². The molecular formula is C12H22O5. The monoisotopic (exact) mass is 246 g/mol. The third kappa shape index (κ3) is 5.12. The van der Waals surface area contributed by atoms with Crippen LogP contribution in [0.1, 0.15) is 39.5 Å². The van der Waals surface area contributed by atoms with Crippen LogP contribution in [0, 0.1) is 0 Å². The van der Waals surface area contributed by atoms with E-state index in [2.05, 4.69) is 0 Å². The fourth-order valence-electron chi connectivity index (χ4n) is 1.77. The molecule has 1 heterocycles. The smallest absolute Gasteiger partial charge is 0.183 e. The van der Waals surface area contributed by atoms with Crippen LogP contribution in [0.5, 0.6) is 0 Å². The summed E-state index contributed by atoms with van der Waals surface area (Å²) in [6, 6.07) is 0. The SMILES string of the molecule is CC(=O)CCCCO[C@@H]1OC(C)[C@H](O)C[C@@H]1O. The molecule has 0 radical (unpaired) electrons. The molecule has 0 spiro atoms. The first kappa shape index (κ1) is 14.6. The lowest BCUT2D eigenvalue weighted by Gasteiger charge is -2.35. The second-order valence-electron chi connectivity index (χ2n) is 4.61. The standard InChI is InChI=1S/C12H22O5/c1-8(13)5-3-4-6-16-12-11(15)7-10(14)9(2)17-12/h9-12,14-15H,3-7H2,1-2H3/t9?,10-,11+,12-/m1/s1. The average Bonchev–Trinajstić information content (AvgIpc) is 2.24. The molecule has 0 amide bonds. The molecule has 1 unspecified atom stereocenters. The van der Waals surface area contributed by atoms with Crippen molar-refractivity contribution in [3.63, 3.8) is 0 Å². The van der Waals surface area contributed by atoms with E-state index in [9.17, 15) is 15.0 Å². The van der Waals surface area contributed by atoms with E-state index in [-0.39, 0.29) is 18.3 Å². The van der Waals surface area contributed by atoms with Gasteiger partial charge in [-0.1, -0.05) is 0 Å². The largest absolute Gasteiger partial charge is 0.390 e. The highest BCUT2D eigenvalue weighted by atomic mass is 16.7. The third-order valence-electron chi connectivity index (χ3n) is 2.89. The Morgan fingerprint density at radius 1 is 1.35 bits per heavy atom. The molecule has 0 aromatic carbocycles. The predicted molar refractivity (Wildman–Crippen MR) is 61.4 cm³/mol. The molecule has 0 aliphatic carbocycles. The number of carbonyl (C=O) groups is 1. The lowest BCUT2D eigenvalue weighted by molar-refractivity contribution is -0.261. The van der Waals surface area contributed by atoms with Crippen LogP contribution in [0.25, 0.3) is 0 Å². The van der Waals surface area contributed by atoms with Crippen molar-refractivity contribution >= 4 is 5.78 Å². The molecule has 2 N–H and O–H groups in total. The molecule has 1 aliphatic heterocycles. The molecular weight excluding hydrogens is 224 g/mol. The zero-order chi connectivity index (χ0) is 12.8. The Bertz CT molecular complexity index is 243. The summed E-state index contributed by atoms with van der Waals surface area (Å²) < 4.78 is 10.8. The lowest BCUT2D eigenvalue weighted by atomic mass is 10.0. The number of Topliss-reactive ketones (excluding diaryl/α,β-unsaturated/α-hetero) is 1. The van der Waals surface area contributed by atoms with Crippen molar-refractivity contribution in [3.05, 3.63) is 0 Å². The van der Waals surface area contributed by atoms with E-state index in [1.54, 1.807) is 13.8 Å². The van der Waals surface area contributed by atoms with Gasteiger partial charge in [0, 0.05) is 19.4 Å². The van der Waals surface area contributed by atoms with Crippen LogP contribution >= 0.6 is 0 Å². The Morgan fingerprint density at radius 2 is 2.06 bits per heavy atom. The molecule has 1 rings (SSSR count). The Hall–Kier alpha value is -0.490. The Balaban J connectivity index is 2.16. The minimum Gasteiger partial charge on any atom is -0.390 e. The summed E-state index contributed by atoms with van der Waals surface area (Å²) in [7, 11) is 0. The summed E-state index contributed by atoms with van der Waals surface area (Å²) in [6.45, 7) is 3.78. The van der Waals surface area contributed by atoms with Gasteiger partial charge in [0.25, 0.3) is 0 Å². The van der Waals surface area contributed by atoms with Crippen molar-refractivity contribution in [1.29, 1.82) is 0 Å². The van der Waals surface area contributed by atoms with Crippen LogP contribution in [-0.2, 0) is 14.3 Å². The van der Waals surface area contributed by atoms with E-state index in [0.717, 1.165) is 12.8 Å². The van der Waals surface area contributed by atoms with Gasteiger partial charge in [-0.2, -0.15) is 0 Å². The van der Waals surface area contributed by atoms with E-state index in [0.29, 0.717) is 13.0 Å². The summed E-state index contributed by atoms with van der Waals surface area (Å²) >= 11 is 0. The zero-order valence-corrected chi connectivity index (χ0v) is 10.5. The Morgan fingerprint density at radius 3 is 2.71 bits per heavy atom. The van der Waals surface area contributed by atoms with Crippen LogP contribution in [-0.4, -0.2) is 47.2 Å². The minimum atomic E-state index is -0.783. The number of ketones is 1. The van der Waals surface area contributed by atoms with Crippen molar-refractivity contribution < 1.29 is 24.5 Å². The number of aliphatic hydroxyl groups is 2. The maximum Gasteiger partial charge on any atom is 0.183 e. The fraction of sp³-hybridized carbons (Fsp3) is 0.917. The molecule has 5 heteroatoms. The number of hydrogen-bond acceptors (Lipinski definition) is 5. The third-order valence-corrected chi connectivity index (χ3v) is 2.89. The lowest BCUT2D eigenvalue weighted by Crippen LogP contribution is -2.47. The highest BCUT2D eigenvalue weighted by Gasteiger charge is 2.34. The molecule has 1 saturated heterocycles. The van der Waals surface area contributed by atoms with E-state index in [1.807, 2.05) is 0 Å². The van der Waals surface area contributed by atoms with Crippen molar-refractivity contribution in [2.24, 2.45) is 0 Å². The van der Waals surface area contributed by atoms with Crippen molar-refractivity contribution in [3.8, 4) is 0 Å². The number of aliphatic hydroxyl groups excluding tert-OH is 2. The van der Waals surface area contributed by atoms with E-state index in [4.69, 9.17) is 9.47 Å². The van der Waals surface area contributed by atoms with Gasteiger partial charge in [0.1, 0.15) is 11.9 Å². The molecule has 4 atom stereocenters. The minimum absolute atomic E-state index is 0.177. The summed E-state index contributed by atoms with van der Waals surface area (Å²) in [5.74, 6) is 0.177. The topological polar surface area (TPSA) is 76.0 Å². The van der Waals surface area contributed by atoms with Gasteiger partial charge in [-0.25, -0.2) is 0 Å². The van der Waals surface area contributed by atoms with Crippen molar-refractivity contribution in [1.82, 2.24) is 0 Å². The highest BCUT2D eigenvalue weighted by molar-refractivity contribution is 5.75. The molecule has 1 fully saturated rings. The molecule has 100 valence electrons. The van der Waals surface area contributed by atoms with Crippen LogP contribution in [0.4, 0.5) is 0 Å².